The van der Waals surface area contributed by atoms with Gasteiger partial charge in [0, 0.05) is 12.7 Å². The average molecular weight is 522 g/mol. The molecule has 0 saturated heterocycles. The first kappa shape index (κ1) is 30.2. The molecule has 0 amide bonds. The topological polar surface area (TPSA) is 35.5 Å². The number of rotatable bonds is 11. The number of methoxy groups -OCH3 is 1. The summed E-state index contributed by atoms with van der Waals surface area (Å²) in [5, 5.41) is -9.89. The Morgan fingerprint density at radius 3 is 1.29 bits per heavy atom. The molecule has 0 aliphatic carbocycles. The molecular weight excluding hydrogens is 506 g/mol. The van der Waals surface area contributed by atoms with E-state index < -0.39 is 65.2 Å². The van der Waals surface area contributed by atoms with Crippen LogP contribution < -0.4 is 0 Å². The summed E-state index contributed by atoms with van der Waals surface area (Å²) in [6.45, 7) is -0.673. The van der Waals surface area contributed by atoms with Gasteiger partial charge in [0.05, 0.1) is 6.61 Å². The number of carbonyl (C=O) groups is 1. The molecule has 0 heterocycles. The van der Waals surface area contributed by atoms with Crippen molar-refractivity contribution in [3.63, 3.8) is 0 Å². The highest BCUT2D eigenvalue weighted by molar-refractivity contribution is 7.19. The lowest BCUT2D eigenvalue weighted by Gasteiger charge is -2.44. The molecule has 0 aromatic rings. The van der Waals surface area contributed by atoms with Crippen molar-refractivity contribution >= 4 is 24.4 Å². The summed E-state index contributed by atoms with van der Waals surface area (Å²) in [4.78, 5) is 11.1. The second kappa shape index (κ2) is 8.85. The molecule has 17 heteroatoms. The quantitative estimate of drug-likeness (QED) is 0.166. The molecule has 0 radical (unpaired) electrons. The van der Waals surface area contributed by atoms with Crippen LogP contribution in [0, 0.1) is 0 Å². The van der Waals surface area contributed by atoms with Crippen molar-refractivity contribution in [3.8, 4) is 0 Å². The molecule has 0 aliphatic heterocycles. The first-order valence-corrected chi connectivity index (χ1v) is 8.70. The van der Waals surface area contributed by atoms with Gasteiger partial charge in [0.2, 0.25) is 10.8 Å². The van der Waals surface area contributed by atoms with E-state index in [0.717, 1.165) is 6.92 Å². The van der Waals surface area contributed by atoms with Crippen LogP contribution in [0.25, 0.3) is 0 Å². The fourth-order valence-corrected chi connectivity index (χ4v) is 2.41. The Kier molecular flexibility index (Phi) is 8.62. The Hall–Kier alpha value is -0.810. The summed E-state index contributed by atoms with van der Waals surface area (Å²) in [6, 6.07) is 0. The number of carbonyl (C=O) groups excluding carboxylic acids is 1. The van der Waals surface area contributed by atoms with Gasteiger partial charge < -0.3 is 9.47 Å². The predicted octanol–water partition coefficient (Wildman–Crippen LogP) is 5.01. The average Bonchev–Trinajstić information content (AvgIpc) is 2.58. The molecule has 0 rings (SSSR count). The van der Waals surface area contributed by atoms with Crippen molar-refractivity contribution < 1.29 is 67.0 Å². The SMILES string of the molecule is C=C(C)C(=O)OCC(F)(P)C(F)(F)C(F)(F)C(F)(F)C(F)(F)C(F)(F)[C@](F)(P)COC. The lowest BCUT2D eigenvalue weighted by Crippen LogP contribution is -2.73. The van der Waals surface area contributed by atoms with Crippen molar-refractivity contribution in [1.82, 2.24) is 0 Å². The van der Waals surface area contributed by atoms with E-state index in [1.54, 1.807) is 0 Å². The van der Waals surface area contributed by atoms with Crippen LogP contribution in [0.1, 0.15) is 6.92 Å². The van der Waals surface area contributed by atoms with Gasteiger partial charge >= 0.3 is 35.6 Å². The summed E-state index contributed by atoms with van der Waals surface area (Å²) < 4.78 is 174. The van der Waals surface area contributed by atoms with Gasteiger partial charge in [-0.3, -0.25) is 0 Å². The van der Waals surface area contributed by atoms with E-state index >= 15 is 0 Å². The zero-order chi connectivity index (χ0) is 25.5. The first-order chi connectivity index (χ1) is 13.4. The largest absolute Gasteiger partial charge is 0.458 e. The van der Waals surface area contributed by atoms with Crippen molar-refractivity contribution in [2.45, 2.75) is 47.4 Å². The van der Waals surface area contributed by atoms with Crippen LogP contribution in [-0.4, -0.2) is 66.7 Å². The minimum atomic E-state index is -7.74. The standard InChI is InChI=1S/C14H16F12O3P2/c1-6(2)7(27)29-5-9(16,31)11(19,20)13(23,24)14(25,26)12(21,22)10(17,18)8(15,30)4-28-3/h1,4-5,30-31H2,2-3H3/t8-,9?/m1/s1. The van der Waals surface area contributed by atoms with Gasteiger partial charge in [0.15, 0.2) is 0 Å². The maximum absolute atomic E-state index is 14.1. The fourth-order valence-electron chi connectivity index (χ4n) is 1.80. The molecule has 184 valence electrons. The highest BCUT2D eigenvalue weighted by Gasteiger charge is 2.91. The Balaban J connectivity index is 6.36. The van der Waals surface area contributed by atoms with Gasteiger partial charge in [-0.15, -0.1) is 0 Å². The fraction of sp³-hybridized carbons (Fsp3) is 0.786. The van der Waals surface area contributed by atoms with Crippen LogP contribution in [0.3, 0.4) is 0 Å². The Bertz CT molecular complexity index is 694. The zero-order valence-electron chi connectivity index (χ0n) is 15.5. The van der Waals surface area contributed by atoms with Crippen LogP contribution in [0.2, 0.25) is 0 Å². The normalized spacial score (nSPS) is 18.2. The number of alkyl halides is 12. The van der Waals surface area contributed by atoms with E-state index in [9.17, 15) is 57.5 Å². The molecule has 0 spiro atoms. The minimum Gasteiger partial charge on any atom is -0.458 e. The lowest BCUT2D eigenvalue weighted by atomic mass is 9.90. The van der Waals surface area contributed by atoms with Crippen LogP contribution in [-0.2, 0) is 14.3 Å². The van der Waals surface area contributed by atoms with Crippen molar-refractivity contribution in [1.29, 1.82) is 0 Å². The highest BCUT2D eigenvalue weighted by atomic mass is 31.0. The number of hydrogen-bond acceptors (Lipinski definition) is 3. The van der Waals surface area contributed by atoms with Crippen molar-refractivity contribution in [2.24, 2.45) is 0 Å². The zero-order valence-corrected chi connectivity index (χ0v) is 17.8. The number of esters is 1. The molecule has 0 aromatic heterocycles. The molecule has 0 N–H and O–H groups in total. The maximum Gasteiger partial charge on any atom is 0.384 e. The van der Waals surface area contributed by atoms with Crippen LogP contribution in [0.4, 0.5) is 52.7 Å². The number of halogens is 12. The number of ether oxygens (including phenoxy) is 2. The van der Waals surface area contributed by atoms with Crippen LogP contribution in [0.15, 0.2) is 12.2 Å². The molecule has 4 atom stereocenters. The second-order valence-corrected chi connectivity index (χ2v) is 8.22. The van der Waals surface area contributed by atoms with Gasteiger partial charge in [-0.05, 0) is 6.92 Å². The van der Waals surface area contributed by atoms with Gasteiger partial charge in [-0.1, -0.05) is 25.1 Å². The Morgan fingerprint density at radius 2 is 1.00 bits per heavy atom. The van der Waals surface area contributed by atoms with E-state index in [1.165, 1.54) is 0 Å². The van der Waals surface area contributed by atoms with Gasteiger partial charge in [-0.25, -0.2) is 13.6 Å². The molecule has 0 aromatic carbocycles. The molecule has 0 bridgehead atoms. The molecule has 0 saturated carbocycles. The minimum absolute atomic E-state index is 0.250. The first-order valence-electron chi connectivity index (χ1n) is 7.55. The summed E-state index contributed by atoms with van der Waals surface area (Å²) in [7, 11) is 1.03. The van der Waals surface area contributed by atoms with E-state index in [2.05, 4.69) is 16.1 Å². The molecule has 3 nitrogen and oxygen atoms in total. The second-order valence-electron chi connectivity index (χ2n) is 6.39. The van der Waals surface area contributed by atoms with Crippen molar-refractivity contribution in [3.05, 3.63) is 12.2 Å². The van der Waals surface area contributed by atoms with E-state index in [4.69, 9.17) is 0 Å². The molecule has 3 unspecified atom stereocenters. The third-order valence-corrected chi connectivity index (χ3v) is 4.80. The highest BCUT2D eigenvalue weighted by Crippen LogP contribution is 2.63. The summed E-state index contributed by atoms with van der Waals surface area (Å²) >= 11 is 0. The van der Waals surface area contributed by atoms with Crippen molar-refractivity contribution in [2.75, 3.05) is 20.3 Å². The van der Waals surface area contributed by atoms with Crippen LogP contribution in [0.5, 0.6) is 0 Å². The smallest absolute Gasteiger partial charge is 0.384 e. The van der Waals surface area contributed by atoms with E-state index in [-0.39, 0.29) is 9.24 Å². The van der Waals surface area contributed by atoms with E-state index in [1.807, 2.05) is 0 Å². The molecule has 0 fully saturated rings. The third kappa shape index (κ3) is 4.78. The van der Waals surface area contributed by atoms with Gasteiger partial charge in [0.25, 0.3) is 0 Å². The summed E-state index contributed by atoms with van der Waals surface area (Å²) in [5.41, 5.74) is -0.578. The Labute approximate surface area is 172 Å². The third-order valence-electron chi connectivity index (χ3n) is 3.74. The lowest BCUT2D eigenvalue weighted by molar-refractivity contribution is -0.418. The van der Waals surface area contributed by atoms with E-state index in [0.29, 0.717) is 16.3 Å². The maximum atomic E-state index is 14.1. The monoisotopic (exact) mass is 522 g/mol. The van der Waals surface area contributed by atoms with Gasteiger partial charge in [0.1, 0.15) is 6.61 Å². The Morgan fingerprint density at radius 1 is 0.710 bits per heavy atom. The van der Waals surface area contributed by atoms with Crippen LogP contribution >= 0.6 is 18.5 Å². The molecule has 31 heavy (non-hydrogen) atoms. The predicted molar refractivity (Wildman–Crippen MR) is 89.5 cm³/mol. The number of hydrogen-bond donors (Lipinski definition) is 0. The van der Waals surface area contributed by atoms with Gasteiger partial charge in [-0.2, -0.15) is 43.9 Å². The molecular formula is C14H16F12O3P2. The molecule has 0 aliphatic rings. The summed E-state index contributed by atoms with van der Waals surface area (Å²) in [6.07, 6.45) is 0. The summed E-state index contributed by atoms with van der Waals surface area (Å²) in [5.74, 6) is -38.1.